The van der Waals surface area contributed by atoms with Crippen LogP contribution in [0.2, 0.25) is 4.34 Å². The van der Waals surface area contributed by atoms with Crippen molar-refractivity contribution in [2.75, 3.05) is 4.72 Å². The third-order valence-corrected chi connectivity index (χ3v) is 5.76. The van der Waals surface area contributed by atoms with Crippen LogP contribution < -0.4 is 4.72 Å². The lowest BCUT2D eigenvalue weighted by Crippen LogP contribution is -2.12. The minimum absolute atomic E-state index is 0.164. The highest BCUT2D eigenvalue weighted by molar-refractivity contribution is 7.94. The fourth-order valence-electron chi connectivity index (χ4n) is 1.77. The van der Waals surface area contributed by atoms with Crippen LogP contribution in [-0.2, 0) is 10.0 Å². The van der Waals surface area contributed by atoms with Gasteiger partial charge in [0, 0.05) is 11.6 Å². The zero-order chi connectivity index (χ0) is 14.2. The van der Waals surface area contributed by atoms with E-state index in [-0.39, 0.29) is 10.0 Å². The monoisotopic (exact) mass is 324 g/mol. The molecule has 0 spiro atoms. The zero-order valence-corrected chi connectivity index (χ0v) is 12.5. The van der Waals surface area contributed by atoms with Crippen LogP contribution in [-0.4, -0.2) is 13.4 Å². The first-order valence-corrected chi connectivity index (χ1v) is 8.35. The van der Waals surface area contributed by atoms with E-state index >= 15 is 0 Å². The molecule has 3 aromatic rings. The molecule has 0 bridgehead atoms. The molecule has 0 saturated carbocycles. The smallest absolute Gasteiger partial charge is 0.263 e. The van der Waals surface area contributed by atoms with Gasteiger partial charge >= 0.3 is 0 Å². The zero-order valence-electron chi connectivity index (χ0n) is 10.1. The number of aromatic nitrogens is 1. The van der Waals surface area contributed by atoms with E-state index in [1.165, 1.54) is 6.07 Å². The summed E-state index contributed by atoms with van der Waals surface area (Å²) in [4.78, 5) is 4.11. The Hall–Kier alpha value is -1.63. The van der Waals surface area contributed by atoms with Crippen molar-refractivity contribution >= 4 is 49.6 Å². The fraction of sp³-hybridized carbons (Fsp3) is 0. The normalized spacial score (nSPS) is 11.7. The number of rotatable bonds is 3. The number of sulfonamides is 1. The Kier molecular flexibility index (Phi) is 3.37. The van der Waals surface area contributed by atoms with E-state index in [4.69, 9.17) is 11.6 Å². The third kappa shape index (κ3) is 2.63. The standard InChI is InChI=1S/C13H9ClN2O2S2/c14-11-5-6-13(19-11)20(17,18)16-12-7-9-3-1-2-4-10(9)8-15-12/h1-8H,(H,15,16). The molecule has 0 radical (unpaired) electrons. The van der Waals surface area contributed by atoms with Gasteiger partial charge in [-0.3, -0.25) is 4.72 Å². The van der Waals surface area contributed by atoms with Gasteiger partial charge in [-0.2, -0.15) is 0 Å². The Morgan fingerprint density at radius 3 is 2.55 bits per heavy atom. The van der Waals surface area contributed by atoms with Crippen LogP contribution in [0.5, 0.6) is 0 Å². The molecule has 20 heavy (non-hydrogen) atoms. The highest BCUT2D eigenvalue weighted by Gasteiger charge is 2.17. The number of fused-ring (bicyclic) bond motifs is 1. The number of anilines is 1. The maximum atomic E-state index is 12.2. The Labute approximate surface area is 125 Å². The highest BCUT2D eigenvalue weighted by atomic mass is 35.5. The van der Waals surface area contributed by atoms with Crippen LogP contribution in [0.15, 0.2) is 52.9 Å². The summed E-state index contributed by atoms with van der Waals surface area (Å²) in [5.41, 5.74) is 0. The number of halogens is 1. The molecule has 0 aliphatic carbocycles. The van der Waals surface area contributed by atoms with Crippen LogP contribution in [0.1, 0.15) is 0 Å². The Bertz CT molecular complexity index is 875. The molecule has 7 heteroatoms. The molecule has 2 heterocycles. The number of benzene rings is 1. The summed E-state index contributed by atoms with van der Waals surface area (Å²) in [7, 11) is -3.64. The van der Waals surface area contributed by atoms with Crippen molar-refractivity contribution < 1.29 is 8.42 Å². The van der Waals surface area contributed by atoms with Crippen molar-refractivity contribution in [3.8, 4) is 0 Å². The lowest BCUT2D eigenvalue weighted by molar-refractivity contribution is 0.603. The molecule has 0 atom stereocenters. The Balaban J connectivity index is 1.96. The maximum absolute atomic E-state index is 12.2. The lowest BCUT2D eigenvalue weighted by Gasteiger charge is -2.06. The first-order valence-electron chi connectivity index (χ1n) is 5.67. The molecule has 0 fully saturated rings. The van der Waals surface area contributed by atoms with Gasteiger partial charge in [-0.1, -0.05) is 35.9 Å². The highest BCUT2D eigenvalue weighted by Crippen LogP contribution is 2.27. The molecular weight excluding hydrogens is 316 g/mol. The summed E-state index contributed by atoms with van der Waals surface area (Å²) in [6.07, 6.45) is 1.63. The van der Waals surface area contributed by atoms with Gasteiger partial charge in [0.25, 0.3) is 10.0 Å². The largest absolute Gasteiger partial charge is 0.272 e. The molecule has 0 saturated heterocycles. The predicted octanol–water partition coefficient (Wildman–Crippen LogP) is 3.75. The van der Waals surface area contributed by atoms with Crippen molar-refractivity contribution in [3.63, 3.8) is 0 Å². The van der Waals surface area contributed by atoms with Crippen LogP contribution >= 0.6 is 22.9 Å². The Morgan fingerprint density at radius 2 is 1.85 bits per heavy atom. The molecule has 102 valence electrons. The molecular formula is C13H9ClN2O2S2. The molecule has 0 unspecified atom stereocenters. The van der Waals surface area contributed by atoms with Crippen LogP contribution in [0.3, 0.4) is 0 Å². The summed E-state index contributed by atoms with van der Waals surface area (Å²) >= 11 is 6.76. The minimum atomic E-state index is -3.64. The molecule has 4 nitrogen and oxygen atoms in total. The summed E-state index contributed by atoms with van der Waals surface area (Å²) < 4.78 is 27.3. The molecule has 0 aliphatic heterocycles. The molecule has 1 N–H and O–H groups in total. The van der Waals surface area contributed by atoms with E-state index in [0.717, 1.165) is 22.1 Å². The van der Waals surface area contributed by atoms with Gasteiger partial charge in [0.05, 0.1) is 4.34 Å². The average molecular weight is 325 g/mol. The van der Waals surface area contributed by atoms with Crippen LogP contribution in [0.4, 0.5) is 5.82 Å². The molecule has 3 rings (SSSR count). The Morgan fingerprint density at radius 1 is 1.10 bits per heavy atom. The summed E-state index contributed by atoms with van der Waals surface area (Å²) in [5, 5.41) is 1.87. The number of nitrogens with one attached hydrogen (secondary N) is 1. The fourth-order valence-corrected chi connectivity index (χ4v) is 4.25. The van der Waals surface area contributed by atoms with Crippen LogP contribution in [0.25, 0.3) is 10.8 Å². The number of hydrogen-bond donors (Lipinski definition) is 1. The first-order chi connectivity index (χ1) is 9.54. The third-order valence-electron chi connectivity index (χ3n) is 2.68. The number of nitrogens with zero attached hydrogens (tertiary/aromatic N) is 1. The van der Waals surface area contributed by atoms with Gasteiger partial charge in [-0.25, -0.2) is 13.4 Å². The van der Waals surface area contributed by atoms with Gasteiger partial charge in [-0.15, -0.1) is 11.3 Å². The number of pyridine rings is 1. The minimum Gasteiger partial charge on any atom is -0.263 e. The van der Waals surface area contributed by atoms with Crippen molar-refractivity contribution in [2.45, 2.75) is 4.21 Å². The quantitative estimate of drug-likeness (QED) is 0.798. The average Bonchev–Trinajstić information content (AvgIpc) is 2.86. The van der Waals surface area contributed by atoms with Crippen molar-refractivity contribution in [1.82, 2.24) is 4.98 Å². The lowest BCUT2D eigenvalue weighted by atomic mass is 10.2. The number of thiophene rings is 1. The summed E-state index contributed by atoms with van der Waals surface area (Å²) in [6.45, 7) is 0. The number of hydrogen-bond acceptors (Lipinski definition) is 4. The second-order valence-electron chi connectivity index (χ2n) is 4.08. The van der Waals surface area contributed by atoms with Crippen molar-refractivity contribution in [2.24, 2.45) is 0 Å². The second-order valence-corrected chi connectivity index (χ2v) is 7.71. The first kappa shape index (κ1) is 13.4. The topological polar surface area (TPSA) is 59.1 Å². The van der Waals surface area contributed by atoms with Crippen molar-refractivity contribution in [3.05, 3.63) is 53.0 Å². The van der Waals surface area contributed by atoms with Crippen LogP contribution in [0, 0.1) is 0 Å². The van der Waals surface area contributed by atoms with Gasteiger partial charge < -0.3 is 0 Å². The second kappa shape index (κ2) is 5.05. The SMILES string of the molecule is O=S(=O)(Nc1cc2ccccc2cn1)c1ccc(Cl)s1. The van der Waals surface area contributed by atoms with E-state index in [0.29, 0.717) is 4.34 Å². The van der Waals surface area contributed by atoms with Gasteiger partial charge in [-0.05, 0) is 23.6 Å². The van der Waals surface area contributed by atoms with Gasteiger partial charge in [0.15, 0.2) is 0 Å². The summed E-state index contributed by atoms with van der Waals surface area (Å²) in [6, 6.07) is 12.3. The van der Waals surface area contributed by atoms with Gasteiger partial charge in [0.2, 0.25) is 0 Å². The van der Waals surface area contributed by atoms with E-state index in [9.17, 15) is 8.42 Å². The maximum Gasteiger partial charge on any atom is 0.272 e. The van der Waals surface area contributed by atoms with E-state index in [1.54, 1.807) is 18.3 Å². The van der Waals surface area contributed by atoms with E-state index in [2.05, 4.69) is 9.71 Å². The van der Waals surface area contributed by atoms with E-state index in [1.807, 2.05) is 24.3 Å². The molecule has 1 aromatic carbocycles. The summed E-state index contributed by atoms with van der Waals surface area (Å²) in [5.74, 6) is 0.285. The molecule has 0 amide bonds. The molecule has 2 aromatic heterocycles. The predicted molar refractivity (Wildman–Crippen MR) is 81.9 cm³/mol. The molecule has 0 aliphatic rings. The van der Waals surface area contributed by atoms with E-state index < -0.39 is 10.0 Å². The van der Waals surface area contributed by atoms with Gasteiger partial charge in [0.1, 0.15) is 10.0 Å². The van der Waals surface area contributed by atoms with Crippen molar-refractivity contribution in [1.29, 1.82) is 0 Å².